The highest BCUT2D eigenvalue weighted by Gasteiger charge is 2.26. The summed E-state index contributed by atoms with van der Waals surface area (Å²) in [7, 11) is 1.62. The van der Waals surface area contributed by atoms with Gasteiger partial charge in [-0.1, -0.05) is 36.4 Å². The number of nitrogens with zero attached hydrogens (tertiary/aromatic N) is 2. The van der Waals surface area contributed by atoms with Crippen LogP contribution >= 0.6 is 11.3 Å². The molecule has 28 heavy (non-hydrogen) atoms. The summed E-state index contributed by atoms with van der Waals surface area (Å²) in [5.41, 5.74) is 3.65. The highest BCUT2D eigenvalue weighted by Crippen LogP contribution is 2.41. The van der Waals surface area contributed by atoms with Gasteiger partial charge in [-0.15, -0.1) is 11.3 Å². The molecule has 1 aromatic heterocycles. The van der Waals surface area contributed by atoms with Crippen LogP contribution in [0.25, 0.3) is 11.6 Å². The van der Waals surface area contributed by atoms with E-state index >= 15 is 0 Å². The Morgan fingerprint density at radius 2 is 2.04 bits per heavy atom. The molecule has 140 valence electrons. The molecule has 1 fully saturated rings. The number of aromatic nitrogens is 1. The van der Waals surface area contributed by atoms with Crippen LogP contribution in [0, 0.1) is 11.3 Å². The monoisotopic (exact) mass is 388 g/mol. The lowest BCUT2D eigenvalue weighted by molar-refractivity contribution is 0.284. The molecule has 3 aromatic rings. The maximum absolute atomic E-state index is 9.59. The summed E-state index contributed by atoms with van der Waals surface area (Å²) in [5, 5.41) is 12.4. The second-order valence-electron chi connectivity index (χ2n) is 6.71. The van der Waals surface area contributed by atoms with Gasteiger partial charge in [-0.3, -0.25) is 0 Å². The Balaban J connectivity index is 1.53. The second kappa shape index (κ2) is 8.28. The fraction of sp³-hybridized carbons (Fsp3) is 0.217. The van der Waals surface area contributed by atoms with E-state index in [-0.39, 0.29) is 0 Å². The average Bonchev–Trinajstić information content (AvgIpc) is 3.48. The third-order valence-corrected chi connectivity index (χ3v) is 5.50. The lowest BCUT2D eigenvalue weighted by atomic mass is 10.1. The van der Waals surface area contributed by atoms with Crippen LogP contribution in [-0.4, -0.2) is 12.1 Å². The quantitative estimate of drug-likeness (QED) is 0.489. The SMILES string of the molecule is COc1cc(/C=C(\C#N)c2nc(C3CC3)cs2)ccc1OCc1ccccc1. The van der Waals surface area contributed by atoms with Crippen molar-refractivity contribution < 1.29 is 9.47 Å². The first-order chi connectivity index (χ1) is 13.8. The number of ether oxygens (including phenoxy) is 2. The summed E-state index contributed by atoms with van der Waals surface area (Å²) in [6, 6.07) is 18.0. The van der Waals surface area contributed by atoms with Crippen molar-refractivity contribution in [1.29, 1.82) is 5.26 Å². The van der Waals surface area contributed by atoms with Crippen molar-refractivity contribution in [3.63, 3.8) is 0 Å². The molecule has 4 nitrogen and oxygen atoms in total. The number of rotatable bonds is 7. The largest absolute Gasteiger partial charge is 0.493 e. The van der Waals surface area contributed by atoms with Crippen molar-refractivity contribution >= 4 is 23.0 Å². The van der Waals surface area contributed by atoms with Crippen LogP contribution in [0.15, 0.2) is 53.9 Å². The Labute approximate surface area is 168 Å². The minimum absolute atomic E-state index is 0.471. The molecule has 0 unspecified atom stereocenters. The molecular formula is C23H20N2O2S. The number of allylic oxidation sites excluding steroid dienone is 1. The van der Waals surface area contributed by atoms with Gasteiger partial charge in [0.2, 0.25) is 0 Å². The molecular weight excluding hydrogens is 368 g/mol. The lowest BCUT2D eigenvalue weighted by Crippen LogP contribution is -1.97. The Morgan fingerprint density at radius 3 is 2.75 bits per heavy atom. The molecule has 0 spiro atoms. The molecule has 5 heteroatoms. The summed E-state index contributed by atoms with van der Waals surface area (Å²) in [6.45, 7) is 0.471. The average molecular weight is 388 g/mol. The zero-order valence-electron chi connectivity index (χ0n) is 15.6. The van der Waals surface area contributed by atoms with Gasteiger partial charge in [0, 0.05) is 11.3 Å². The van der Waals surface area contributed by atoms with E-state index in [0.29, 0.717) is 29.6 Å². The van der Waals surface area contributed by atoms with Gasteiger partial charge < -0.3 is 9.47 Å². The van der Waals surface area contributed by atoms with E-state index in [0.717, 1.165) is 21.8 Å². The van der Waals surface area contributed by atoms with Gasteiger partial charge >= 0.3 is 0 Å². The van der Waals surface area contributed by atoms with Crippen LogP contribution in [0.4, 0.5) is 0 Å². The first-order valence-electron chi connectivity index (χ1n) is 9.19. The topological polar surface area (TPSA) is 55.1 Å². The third kappa shape index (κ3) is 4.24. The van der Waals surface area contributed by atoms with E-state index < -0.39 is 0 Å². The van der Waals surface area contributed by atoms with E-state index in [1.54, 1.807) is 7.11 Å². The molecule has 0 aliphatic heterocycles. The predicted molar refractivity (Wildman–Crippen MR) is 111 cm³/mol. The Morgan fingerprint density at radius 1 is 1.21 bits per heavy atom. The van der Waals surface area contributed by atoms with Crippen molar-refractivity contribution in [2.45, 2.75) is 25.4 Å². The maximum atomic E-state index is 9.59. The van der Waals surface area contributed by atoms with Gasteiger partial charge in [-0.2, -0.15) is 5.26 Å². The van der Waals surface area contributed by atoms with Gasteiger partial charge in [0.1, 0.15) is 17.7 Å². The molecule has 0 atom stereocenters. The van der Waals surface area contributed by atoms with Gasteiger partial charge in [0.25, 0.3) is 0 Å². The molecule has 0 saturated heterocycles. The molecule has 1 aliphatic carbocycles. The molecule has 4 rings (SSSR count). The van der Waals surface area contributed by atoms with Crippen LogP contribution in [0.2, 0.25) is 0 Å². The first-order valence-corrected chi connectivity index (χ1v) is 10.1. The van der Waals surface area contributed by atoms with Gasteiger partial charge in [0.15, 0.2) is 11.5 Å². The van der Waals surface area contributed by atoms with E-state index in [9.17, 15) is 5.26 Å². The Bertz CT molecular complexity index is 1030. The van der Waals surface area contributed by atoms with Crippen LogP contribution in [-0.2, 0) is 6.61 Å². The highest BCUT2D eigenvalue weighted by molar-refractivity contribution is 7.11. The molecule has 1 saturated carbocycles. The summed E-state index contributed by atoms with van der Waals surface area (Å²) < 4.78 is 11.4. The van der Waals surface area contributed by atoms with Crippen molar-refractivity contribution in [1.82, 2.24) is 4.98 Å². The normalized spacial score (nSPS) is 13.8. The van der Waals surface area contributed by atoms with E-state index in [4.69, 9.17) is 9.47 Å². The number of thiazole rings is 1. The maximum Gasteiger partial charge on any atom is 0.161 e. The van der Waals surface area contributed by atoms with Gasteiger partial charge in [-0.25, -0.2) is 4.98 Å². The zero-order valence-corrected chi connectivity index (χ0v) is 16.4. The Hall–Kier alpha value is -3.10. The number of hydrogen-bond donors (Lipinski definition) is 0. The van der Waals surface area contributed by atoms with Crippen LogP contribution in [0.3, 0.4) is 0 Å². The lowest BCUT2D eigenvalue weighted by Gasteiger charge is -2.11. The summed E-state index contributed by atoms with van der Waals surface area (Å²) >= 11 is 1.53. The van der Waals surface area contributed by atoms with Crippen LogP contribution in [0.1, 0.15) is 40.6 Å². The van der Waals surface area contributed by atoms with Gasteiger partial charge in [0.05, 0.1) is 18.4 Å². The zero-order chi connectivity index (χ0) is 19.3. The second-order valence-corrected chi connectivity index (χ2v) is 7.56. The minimum atomic E-state index is 0.471. The molecule has 1 heterocycles. The van der Waals surface area contributed by atoms with E-state index in [2.05, 4.69) is 16.4 Å². The van der Waals surface area contributed by atoms with E-state index in [1.165, 1.54) is 24.2 Å². The first kappa shape index (κ1) is 18.3. The van der Waals surface area contributed by atoms with E-state index in [1.807, 2.05) is 54.6 Å². The fourth-order valence-electron chi connectivity index (χ4n) is 2.91. The summed E-state index contributed by atoms with van der Waals surface area (Å²) in [6.07, 6.45) is 4.26. The van der Waals surface area contributed by atoms with Crippen molar-refractivity contribution in [2.24, 2.45) is 0 Å². The number of methoxy groups -OCH3 is 1. The smallest absolute Gasteiger partial charge is 0.161 e. The molecule has 0 amide bonds. The number of benzene rings is 2. The van der Waals surface area contributed by atoms with Crippen molar-refractivity contribution in [3.8, 4) is 17.6 Å². The number of nitriles is 1. The molecule has 2 aromatic carbocycles. The van der Waals surface area contributed by atoms with Gasteiger partial charge in [-0.05, 0) is 42.2 Å². The van der Waals surface area contributed by atoms with Crippen LogP contribution < -0.4 is 9.47 Å². The summed E-state index contributed by atoms with van der Waals surface area (Å²) in [4.78, 5) is 4.63. The van der Waals surface area contributed by atoms with Crippen molar-refractivity contribution in [2.75, 3.05) is 7.11 Å². The molecule has 1 aliphatic rings. The third-order valence-electron chi connectivity index (χ3n) is 4.60. The summed E-state index contributed by atoms with van der Waals surface area (Å²) in [5.74, 6) is 1.90. The fourth-order valence-corrected chi connectivity index (χ4v) is 3.78. The highest BCUT2D eigenvalue weighted by atomic mass is 32.1. The molecule has 0 radical (unpaired) electrons. The predicted octanol–water partition coefficient (Wildman–Crippen LogP) is 5.67. The van der Waals surface area contributed by atoms with Crippen molar-refractivity contribution in [3.05, 3.63) is 75.7 Å². The van der Waals surface area contributed by atoms with Crippen LogP contribution in [0.5, 0.6) is 11.5 Å². The Kier molecular flexibility index (Phi) is 5.41. The molecule has 0 N–H and O–H groups in total. The molecule has 0 bridgehead atoms. The minimum Gasteiger partial charge on any atom is -0.493 e. The number of hydrogen-bond acceptors (Lipinski definition) is 5. The standard InChI is InChI=1S/C23H20N2O2S/c1-26-22-12-17(7-10-21(22)27-14-16-5-3-2-4-6-16)11-19(13-24)23-25-20(15-28-23)18-8-9-18/h2-7,10-12,15,18H,8-9,14H2,1H3/b19-11+.